The van der Waals surface area contributed by atoms with Crippen molar-refractivity contribution in [3.8, 4) is 28.7 Å². The molecule has 13 nitrogen and oxygen atoms in total. The largest absolute Gasteiger partial charge is 0.504 e. The van der Waals surface area contributed by atoms with Crippen molar-refractivity contribution in [2.75, 3.05) is 39.4 Å². The van der Waals surface area contributed by atoms with Crippen LogP contribution in [0.2, 0.25) is 0 Å². The minimum absolute atomic E-state index is 0.00829. The van der Waals surface area contributed by atoms with Gasteiger partial charge in [-0.2, -0.15) is 0 Å². The van der Waals surface area contributed by atoms with E-state index in [0.717, 1.165) is 45.2 Å². The summed E-state index contributed by atoms with van der Waals surface area (Å²) in [5, 5.41) is 16.4. The summed E-state index contributed by atoms with van der Waals surface area (Å²) in [5.74, 6) is 1.99. The van der Waals surface area contributed by atoms with Crippen molar-refractivity contribution >= 4 is 34.7 Å². The van der Waals surface area contributed by atoms with E-state index in [9.17, 15) is 9.90 Å². The molecule has 8 aliphatic heterocycles. The van der Waals surface area contributed by atoms with Crippen LogP contribution in [0.4, 0.5) is 0 Å². The molecule has 4 aromatic rings. The molecule has 0 amide bonds. The number of carbonyl (C=O) groups is 2. The lowest BCUT2D eigenvalue weighted by molar-refractivity contribution is -0.159. The number of thioether (sulfide) groups is 1. The van der Waals surface area contributed by atoms with E-state index in [4.69, 9.17) is 33.8 Å². The first kappa shape index (κ1) is 35.7. The fraction of sp³-hybridized carbons (Fsp3) is 0.488. The van der Waals surface area contributed by atoms with Crippen molar-refractivity contribution in [2.24, 2.45) is 5.73 Å². The molecule has 298 valence electrons. The number of piperazine rings is 1. The van der Waals surface area contributed by atoms with E-state index < -0.39 is 39.8 Å². The van der Waals surface area contributed by atoms with Crippen LogP contribution in [-0.2, 0) is 31.8 Å². The van der Waals surface area contributed by atoms with Crippen molar-refractivity contribution in [2.45, 2.75) is 93.5 Å². The lowest BCUT2D eigenvalue weighted by Gasteiger charge is -2.60. The standard InChI is InChI=1S/C43H46N4O9S/c1-19-11-25-28(33(49)34(19)51-6)31-32-38-30-29(37-36(53-18-54-37)20(2)35(30)55-21(3)48)26(47(32)41(4)15-42(25,5)46(31)16-41)14-52-40(50)43(17-57-38)39-24(12-22(13-44)45-43)23-9-7-8-10-27(23)56-39/h7-11,22,26,31-32,38,45,49H,12-18,44H2,1-6H3/t22-,26+,31-,32-,38-,41-,42?,43-/m1/s1. The number of phenolic OH excluding ortho intramolecular Hbond substituents is 1. The molecule has 4 bridgehead atoms. The minimum Gasteiger partial charge on any atom is -0.504 e. The quantitative estimate of drug-likeness (QED) is 0.182. The van der Waals surface area contributed by atoms with Gasteiger partial charge in [-0.3, -0.25) is 19.9 Å². The normalized spacial score (nSPS) is 33.2. The number of hydrogen-bond acceptors (Lipinski definition) is 14. The smallest absolute Gasteiger partial charge is 0.335 e. The zero-order valence-corrected chi connectivity index (χ0v) is 33.6. The van der Waals surface area contributed by atoms with Crippen LogP contribution in [0.25, 0.3) is 11.0 Å². The molecule has 57 heavy (non-hydrogen) atoms. The molecule has 14 heteroatoms. The van der Waals surface area contributed by atoms with Gasteiger partial charge >= 0.3 is 11.9 Å². The van der Waals surface area contributed by atoms with Gasteiger partial charge < -0.3 is 38.9 Å². The number of rotatable bonds is 3. The summed E-state index contributed by atoms with van der Waals surface area (Å²) in [6.45, 7) is 10.9. The summed E-state index contributed by atoms with van der Waals surface area (Å²) in [7, 11) is 1.59. The van der Waals surface area contributed by atoms with E-state index in [-0.39, 0.29) is 43.0 Å². The van der Waals surface area contributed by atoms with E-state index in [0.29, 0.717) is 59.4 Å². The van der Waals surface area contributed by atoms with Gasteiger partial charge in [0.25, 0.3) is 0 Å². The number of carbonyl (C=O) groups excluding carboxylic acids is 2. The highest BCUT2D eigenvalue weighted by Gasteiger charge is 2.71. The second kappa shape index (κ2) is 11.8. The van der Waals surface area contributed by atoms with E-state index in [2.05, 4.69) is 35.0 Å². The molecule has 0 radical (unpaired) electrons. The minimum atomic E-state index is -1.39. The number of fused-ring (bicyclic) bond motifs is 11. The van der Waals surface area contributed by atoms with Crippen LogP contribution in [0.3, 0.4) is 0 Å². The summed E-state index contributed by atoms with van der Waals surface area (Å²) >= 11 is 1.60. The van der Waals surface area contributed by atoms with E-state index in [1.807, 2.05) is 38.1 Å². The van der Waals surface area contributed by atoms with Gasteiger partial charge in [-0.25, -0.2) is 4.79 Å². The number of benzene rings is 3. The Morgan fingerprint density at radius 1 is 1.11 bits per heavy atom. The second-order valence-corrected chi connectivity index (χ2v) is 18.5. The highest BCUT2D eigenvalue weighted by atomic mass is 32.2. The predicted molar refractivity (Wildman–Crippen MR) is 210 cm³/mol. The molecular formula is C43H46N4O9S. The summed E-state index contributed by atoms with van der Waals surface area (Å²) in [5.41, 5.74) is 10.9. The van der Waals surface area contributed by atoms with E-state index in [1.54, 1.807) is 18.9 Å². The van der Waals surface area contributed by atoms with Gasteiger partial charge in [0, 0.05) is 82.1 Å². The maximum Gasteiger partial charge on any atom is 0.335 e. The van der Waals surface area contributed by atoms with Crippen LogP contribution in [-0.4, -0.2) is 83.8 Å². The maximum atomic E-state index is 15.1. The number of esters is 2. The molecule has 12 rings (SSSR count). The lowest BCUT2D eigenvalue weighted by atomic mass is 9.72. The van der Waals surface area contributed by atoms with Gasteiger partial charge in [0.1, 0.15) is 23.7 Å². The van der Waals surface area contributed by atoms with Gasteiger partial charge in [-0.15, -0.1) is 11.8 Å². The Kier molecular flexibility index (Phi) is 7.39. The number of methoxy groups -OCH3 is 1. The second-order valence-electron chi connectivity index (χ2n) is 17.3. The number of nitrogens with two attached hydrogens (primary N) is 1. The van der Waals surface area contributed by atoms with Crippen LogP contribution in [0, 0.1) is 13.8 Å². The number of aromatic hydroxyl groups is 1. The summed E-state index contributed by atoms with van der Waals surface area (Å²) < 4.78 is 37.9. The zero-order chi connectivity index (χ0) is 39.5. The molecule has 3 saturated heterocycles. The Morgan fingerprint density at radius 2 is 1.89 bits per heavy atom. The molecular weight excluding hydrogens is 749 g/mol. The molecule has 8 atom stereocenters. The molecule has 1 spiro atoms. The zero-order valence-electron chi connectivity index (χ0n) is 32.8. The van der Waals surface area contributed by atoms with E-state index in [1.165, 1.54) is 6.92 Å². The molecule has 9 heterocycles. The van der Waals surface area contributed by atoms with Crippen molar-refractivity contribution in [3.63, 3.8) is 0 Å². The first-order valence-corrected chi connectivity index (χ1v) is 20.8. The van der Waals surface area contributed by atoms with Gasteiger partial charge in [0.2, 0.25) is 6.79 Å². The average Bonchev–Trinajstić information content (AvgIpc) is 3.93. The van der Waals surface area contributed by atoms with Crippen molar-refractivity contribution in [1.82, 2.24) is 15.1 Å². The topological polar surface area (TPSA) is 158 Å². The van der Waals surface area contributed by atoms with Gasteiger partial charge in [-0.1, -0.05) is 18.2 Å². The summed E-state index contributed by atoms with van der Waals surface area (Å²) in [4.78, 5) is 33.3. The molecule has 3 fully saturated rings. The Balaban J connectivity index is 1.19. The number of nitrogens with one attached hydrogen (secondary N) is 1. The number of furan rings is 1. The molecule has 3 aromatic carbocycles. The molecule has 1 unspecified atom stereocenters. The Bertz CT molecular complexity index is 2470. The Labute approximate surface area is 334 Å². The number of hydrogen-bond donors (Lipinski definition) is 3. The van der Waals surface area contributed by atoms with Crippen LogP contribution in [0.15, 0.2) is 34.7 Å². The monoisotopic (exact) mass is 794 g/mol. The number of ether oxygens (including phenoxy) is 5. The molecule has 0 saturated carbocycles. The van der Waals surface area contributed by atoms with Crippen molar-refractivity contribution in [1.29, 1.82) is 0 Å². The molecule has 0 aliphatic carbocycles. The predicted octanol–water partition coefficient (Wildman–Crippen LogP) is 5.29. The summed E-state index contributed by atoms with van der Waals surface area (Å²) in [6, 6.07) is 8.67. The number of nitrogens with zero attached hydrogens (tertiary/aromatic N) is 2. The number of para-hydroxylation sites is 1. The first-order valence-electron chi connectivity index (χ1n) is 19.7. The van der Waals surface area contributed by atoms with Gasteiger partial charge in [0.15, 0.2) is 28.5 Å². The Morgan fingerprint density at radius 3 is 2.67 bits per heavy atom. The SMILES string of the molecule is COc1c(C)cc2c(c1O)[C@@H]1[C@@H]3[C@@H]4SC[C@]5(N[C@@H](CN)Cc6c5oc5ccccc65)C(=O)OC[C@@H](c5c6c(c(C)c(OC(C)=O)c54)OCO6)N3[C@@]3(C)CN1C2(C)C3. The maximum absolute atomic E-state index is 15.1. The summed E-state index contributed by atoms with van der Waals surface area (Å²) in [6.07, 6.45) is 1.36. The van der Waals surface area contributed by atoms with Crippen molar-refractivity contribution in [3.05, 3.63) is 75.0 Å². The highest BCUT2D eigenvalue weighted by molar-refractivity contribution is 7.99. The fourth-order valence-corrected chi connectivity index (χ4v) is 13.8. The number of phenols is 1. The van der Waals surface area contributed by atoms with Gasteiger partial charge in [0.05, 0.1) is 24.4 Å². The average molecular weight is 795 g/mol. The lowest BCUT2D eigenvalue weighted by Crippen LogP contribution is -2.67. The fourth-order valence-electron chi connectivity index (χ4n) is 12.1. The Hall–Kier alpha value is -4.47. The third-order valence-electron chi connectivity index (χ3n) is 14.1. The van der Waals surface area contributed by atoms with E-state index >= 15 is 4.79 Å². The third kappa shape index (κ3) is 4.40. The number of aryl methyl sites for hydroxylation is 1. The van der Waals surface area contributed by atoms with Gasteiger partial charge in [-0.05, 0) is 63.8 Å². The first-order chi connectivity index (χ1) is 27.3. The molecule has 1 aromatic heterocycles. The van der Waals surface area contributed by atoms with Crippen molar-refractivity contribution < 1.29 is 42.8 Å². The third-order valence-corrected chi connectivity index (χ3v) is 15.6. The van der Waals surface area contributed by atoms with Crippen LogP contribution in [0.1, 0.15) is 89.2 Å². The highest BCUT2D eigenvalue weighted by Crippen LogP contribution is 2.71. The molecule has 8 aliphatic rings. The van der Waals surface area contributed by atoms with Crippen LogP contribution < -0.4 is 30.0 Å². The van der Waals surface area contributed by atoms with Crippen LogP contribution in [0.5, 0.6) is 28.7 Å². The molecule has 4 N–H and O–H groups in total. The van der Waals surface area contributed by atoms with Crippen LogP contribution >= 0.6 is 11.8 Å².